The van der Waals surface area contributed by atoms with Gasteiger partial charge in [-0.25, -0.2) is 9.48 Å². The van der Waals surface area contributed by atoms with Gasteiger partial charge in [0.2, 0.25) is 5.95 Å². The van der Waals surface area contributed by atoms with Gasteiger partial charge in [0.25, 0.3) is 0 Å². The maximum atomic E-state index is 11.9. The summed E-state index contributed by atoms with van der Waals surface area (Å²) in [5.41, 5.74) is 5.47. The number of benzene rings is 3. The minimum absolute atomic E-state index is 0.210. The Morgan fingerprint density at radius 3 is 2.52 bits per heavy atom. The molecule has 0 radical (unpaired) electrons. The normalized spacial score (nSPS) is 18.3. The highest BCUT2D eigenvalue weighted by Crippen LogP contribution is 2.50. The topological polar surface area (TPSA) is 78.3 Å². The molecule has 1 aromatic heterocycles. The third-order valence-electron chi connectivity index (χ3n) is 6.07. The number of aromatic nitrogens is 3. The Morgan fingerprint density at radius 1 is 0.970 bits per heavy atom. The molecule has 0 fully saturated rings. The number of carbonyl (C=O) groups is 1. The number of carbonyl (C=O) groups excluding carboxylic acids is 1. The molecular formula is C26H20N4O3. The van der Waals surface area contributed by atoms with Gasteiger partial charge < -0.3 is 14.8 Å². The van der Waals surface area contributed by atoms with Crippen molar-refractivity contribution in [3.63, 3.8) is 0 Å². The van der Waals surface area contributed by atoms with Gasteiger partial charge in [-0.3, -0.25) is 0 Å². The molecule has 1 N–H and O–H groups in total. The van der Waals surface area contributed by atoms with Crippen molar-refractivity contribution in [3.8, 4) is 5.75 Å². The Bertz CT molecular complexity index is 1380. The molecule has 0 saturated carbocycles. The summed E-state index contributed by atoms with van der Waals surface area (Å²) in [6.45, 7) is 0. The van der Waals surface area contributed by atoms with Crippen LogP contribution in [0.15, 0.2) is 90.8 Å². The smallest absolute Gasteiger partial charge is 0.337 e. The van der Waals surface area contributed by atoms with Gasteiger partial charge in [0.15, 0.2) is 0 Å². The largest absolute Gasteiger partial charge is 0.480 e. The first-order valence-electron chi connectivity index (χ1n) is 10.6. The van der Waals surface area contributed by atoms with Crippen molar-refractivity contribution in [1.29, 1.82) is 0 Å². The SMILES string of the molecule is COC(=O)c1ccc([C@@H]2Oc3ccccc3C3=C2[C@@H](c2ccccc2)n2ncnc2N3)cc1. The number of hydrogen-bond donors (Lipinski definition) is 1. The van der Waals surface area contributed by atoms with Crippen molar-refractivity contribution in [1.82, 2.24) is 14.8 Å². The van der Waals surface area contributed by atoms with E-state index in [1.807, 2.05) is 59.3 Å². The number of ether oxygens (including phenoxy) is 2. The summed E-state index contributed by atoms with van der Waals surface area (Å²) < 4.78 is 13.3. The molecule has 0 unspecified atom stereocenters. The first-order chi connectivity index (χ1) is 16.2. The molecule has 3 aromatic carbocycles. The Balaban J connectivity index is 1.56. The molecule has 0 aliphatic carbocycles. The summed E-state index contributed by atoms with van der Waals surface area (Å²) in [6.07, 6.45) is 1.17. The van der Waals surface area contributed by atoms with Crippen LogP contribution in [0.3, 0.4) is 0 Å². The van der Waals surface area contributed by atoms with Gasteiger partial charge >= 0.3 is 5.97 Å². The molecule has 7 heteroatoms. The second-order valence-corrected chi connectivity index (χ2v) is 7.90. The summed E-state index contributed by atoms with van der Waals surface area (Å²) in [6, 6.07) is 25.3. The second kappa shape index (κ2) is 7.63. The predicted molar refractivity (Wildman–Crippen MR) is 123 cm³/mol. The van der Waals surface area contributed by atoms with Crippen LogP contribution in [0.2, 0.25) is 0 Å². The van der Waals surface area contributed by atoms with Crippen LogP contribution in [0.25, 0.3) is 5.70 Å². The van der Waals surface area contributed by atoms with Crippen LogP contribution in [0.1, 0.15) is 39.2 Å². The fourth-order valence-electron chi connectivity index (χ4n) is 4.56. The van der Waals surface area contributed by atoms with Crippen molar-refractivity contribution < 1.29 is 14.3 Å². The van der Waals surface area contributed by atoms with Gasteiger partial charge in [0, 0.05) is 11.1 Å². The van der Waals surface area contributed by atoms with E-state index in [9.17, 15) is 4.79 Å². The molecule has 0 amide bonds. The number of nitrogens with one attached hydrogen (secondary N) is 1. The molecule has 2 aliphatic rings. The van der Waals surface area contributed by atoms with Crippen molar-refractivity contribution in [2.45, 2.75) is 12.1 Å². The van der Waals surface area contributed by atoms with Crippen LogP contribution in [0.5, 0.6) is 5.75 Å². The zero-order valence-electron chi connectivity index (χ0n) is 17.8. The highest BCUT2D eigenvalue weighted by Gasteiger charge is 2.40. The number of nitrogens with zero attached hydrogens (tertiary/aromatic N) is 3. The van der Waals surface area contributed by atoms with Gasteiger partial charge in [-0.1, -0.05) is 54.6 Å². The summed E-state index contributed by atoms with van der Waals surface area (Å²) >= 11 is 0. The Kier molecular flexibility index (Phi) is 4.47. The van der Waals surface area contributed by atoms with E-state index in [-0.39, 0.29) is 12.0 Å². The van der Waals surface area contributed by atoms with E-state index >= 15 is 0 Å². The summed E-state index contributed by atoms with van der Waals surface area (Å²) in [5.74, 6) is 1.09. The zero-order valence-corrected chi connectivity index (χ0v) is 17.8. The number of rotatable bonds is 3. The second-order valence-electron chi connectivity index (χ2n) is 7.90. The Labute approximate surface area is 190 Å². The monoisotopic (exact) mass is 436 g/mol. The first-order valence-corrected chi connectivity index (χ1v) is 10.6. The average molecular weight is 436 g/mol. The van der Waals surface area contributed by atoms with E-state index in [1.165, 1.54) is 7.11 Å². The van der Waals surface area contributed by atoms with E-state index in [2.05, 4.69) is 27.5 Å². The molecular weight excluding hydrogens is 416 g/mol. The quantitative estimate of drug-likeness (QED) is 0.472. The maximum Gasteiger partial charge on any atom is 0.337 e. The highest BCUT2D eigenvalue weighted by molar-refractivity contribution is 5.89. The summed E-state index contributed by atoms with van der Waals surface area (Å²) in [5, 5.41) is 8.02. The lowest BCUT2D eigenvalue weighted by Gasteiger charge is -2.39. The van der Waals surface area contributed by atoms with Gasteiger partial charge in [-0.2, -0.15) is 10.1 Å². The Morgan fingerprint density at radius 2 is 1.73 bits per heavy atom. The minimum Gasteiger partial charge on any atom is -0.480 e. The van der Waals surface area contributed by atoms with E-state index in [0.717, 1.165) is 33.7 Å². The molecule has 2 atom stereocenters. The minimum atomic E-state index is -0.392. The molecule has 2 aliphatic heterocycles. The fraction of sp³-hybridized carbons (Fsp3) is 0.115. The lowest BCUT2D eigenvalue weighted by Crippen LogP contribution is -2.32. The van der Waals surface area contributed by atoms with E-state index in [1.54, 1.807) is 18.5 Å². The molecule has 4 aromatic rings. The molecule has 0 bridgehead atoms. The van der Waals surface area contributed by atoms with Crippen LogP contribution in [0.4, 0.5) is 5.95 Å². The van der Waals surface area contributed by atoms with Crippen LogP contribution in [-0.4, -0.2) is 27.8 Å². The lowest BCUT2D eigenvalue weighted by atomic mass is 9.84. The van der Waals surface area contributed by atoms with Gasteiger partial charge in [-0.15, -0.1) is 0 Å². The molecule has 33 heavy (non-hydrogen) atoms. The third-order valence-corrected chi connectivity index (χ3v) is 6.07. The van der Waals surface area contributed by atoms with Crippen LogP contribution in [-0.2, 0) is 4.74 Å². The highest BCUT2D eigenvalue weighted by atomic mass is 16.5. The predicted octanol–water partition coefficient (Wildman–Crippen LogP) is 4.62. The van der Waals surface area contributed by atoms with Crippen molar-refractivity contribution in [3.05, 3.63) is 113 Å². The molecule has 162 valence electrons. The summed E-state index contributed by atoms with van der Waals surface area (Å²) in [4.78, 5) is 16.4. The number of hydrogen-bond acceptors (Lipinski definition) is 6. The zero-order chi connectivity index (χ0) is 22.4. The van der Waals surface area contributed by atoms with E-state index in [4.69, 9.17) is 9.47 Å². The van der Waals surface area contributed by atoms with Crippen molar-refractivity contribution >= 4 is 17.6 Å². The number of fused-ring (bicyclic) bond motifs is 3. The van der Waals surface area contributed by atoms with E-state index < -0.39 is 6.10 Å². The number of anilines is 1. The molecule has 7 nitrogen and oxygen atoms in total. The molecule has 6 rings (SSSR count). The average Bonchev–Trinajstić information content (AvgIpc) is 3.35. The molecule has 0 saturated heterocycles. The van der Waals surface area contributed by atoms with Crippen LogP contribution in [0, 0.1) is 0 Å². The van der Waals surface area contributed by atoms with Crippen LogP contribution >= 0.6 is 0 Å². The first kappa shape index (κ1) is 19.3. The number of methoxy groups -OCH3 is 1. The Hall–Kier alpha value is -4.39. The lowest BCUT2D eigenvalue weighted by molar-refractivity contribution is 0.0600. The van der Waals surface area contributed by atoms with Crippen LogP contribution < -0.4 is 10.1 Å². The number of para-hydroxylation sites is 1. The van der Waals surface area contributed by atoms with Gasteiger partial charge in [-0.05, 0) is 35.4 Å². The number of esters is 1. The van der Waals surface area contributed by atoms with Crippen molar-refractivity contribution in [2.75, 3.05) is 12.4 Å². The van der Waals surface area contributed by atoms with Crippen molar-refractivity contribution in [2.24, 2.45) is 0 Å². The maximum absolute atomic E-state index is 11.9. The third kappa shape index (κ3) is 3.09. The molecule has 0 spiro atoms. The van der Waals surface area contributed by atoms with E-state index in [0.29, 0.717) is 11.5 Å². The molecule has 3 heterocycles. The van der Waals surface area contributed by atoms with Gasteiger partial charge in [0.1, 0.15) is 24.2 Å². The standard InChI is InChI=1S/C26H20N4O3/c1-32-25(31)18-13-11-17(12-14-18)24-21-22(19-9-5-6-10-20(19)33-24)29-26-27-15-28-30(26)23(21)16-7-3-2-4-8-16/h2-15,23-24H,1H3,(H,27,28,29)/t23-,24+/m1/s1. The van der Waals surface area contributed by atoms with Gasteiger partial charge in [0.05, 0.1) is 18.4 Å². The fourth-order valence-corrected chi connectivity index (χ4v) is 4.56. The summed E-state index contributed by atoms with van der Waals surface area (Å²) in [7, 11) is 1.38.